The van der Waals surface area contributed by atoms with E-state index >= 15 is 0 Å². The van der Waals surface area contributed by atoms with Crippen LogP contribution < -0.4 is 10.1 Å². The maximum atomic E-state index is 13.0. The first-order valence-electron chi connectivity index (χ1n) is 6.41. The number of halogens is 2. The molecule has 2 aromatic carbocycles. The molecule has 0 bridgehead atoms. The molecule has 0 aliphatic heterocycles. The predicted molar refractivity (Wildman–Crippen MR) is 82.3 cm³/mol. The second-order valence-electron chi connectivity index (χ2n) is 4.61. The Kier molecular flexibility index (Phi) is 5.15. The summed E-state index contributed by atoms with van der Waals surface area (Å²) in [6.07, 6.45) is 0. The van der Waals surface area contributed by atoms with Crippen LogP contribution in [0.1, 0.15) is 24.1 Å². The average molecular weight is 338 g/mol. The molecule has 0 fully saturated rings. The van der Waals surface area contributed by atoms with Crippen LogP contribution in [0.25, 0.3) is 0 Å². The maximum absolute atomic E-state index is 13.0. The molecule has 0 aliphatic rings. The van der Waals surface area contributed by atoms with Crippen molar-refractivity contribution in [1.82, 2.24) is 5.32 Å². The molecule has 1 atom stereocenters. The number of rotatable bonds is 5. The van der Waals surface area contributed by atoms with E-state index in [2.05, 4.69) is 34.2 Å². The van der Waals surface area contributed by atoms with Crippen LogP contribution in [-0.4, -0.2) is 7.11 Å². The summed E-state index contributed by atoms with van der Waals surface area (Å²) in [7, 11) is 1.66. The van der Waals surface area contributed by atoms with E-state index < -0.39 is 0 Å². The van der Waals surface area contributed by atoms with Crippen molar-refractivity contribution in [3.63, 3.8) is 0 Å². The molecule has 1 N–H and O–H groups in total. The van der Waals surface area contributed by atoms with E-state index in [0.29, 0.717) is 6.54 Å². The molecule has 0 spiro atoms. The highest BCUT2D eigenvalue weighted by atomic mass is 79.9. The Morgan fingerprint density at radius 1 is 1.25 bits per heavy atom. The van der Waals surface area contributed by atoms with Crippen LogP contribution in [0.3, 0.4) is 0 Å². The highest BCUT2D eigenvalue weighted by Crippen LogP contribution is 2.21. The monoisotopic (exact) mass is 337 g/mol. The molecule has 0 saturated carbocycles. The van der Waals surface area contributed by atoms with Gasteiger partial charge in [0.25, 0.3) is 0 Å². The summed E-state index contributed by atoms with van der Waals surface area (Å²) >= 11 is 3.38. The van der Waals surface area contributed by atoms with Gasteiger partial charge in [0.05, 0.1) is 7.11 Å². The van der Waals surface area contributed by atoms with E-state index in [9.17, 15) is 4.39 Å². The Bertz CT molecular complexity index is 588. The Labute approximate surface area is 127 Å². The number of hydrogen-bond donors (Lipinski definition) is 1. The van der Waals surface area contributed by atoms with Gasteiger partial charge in [-0.1, -0.05) is 34.1 Å². The predicted octanol–water partition coefficient (Wildman–Crippen LogP) is 4.45. The molecule has 0 amide bonds. The molecule has 0 aliphatic carbocycles. The number of methoxy groups -OCH3 is 1. The van der Waals surface area contributed by atoms with E-state index in [4.69, 9.17) is 4.74 Å². The standard InChI is InChI=1S/C16H17BrFNO/c1-11(12-4-3-5-15(8-12)20-2)19-10-13-6-7-14(18)9-16(13)17/h3-9,11,19H,10H2,1-2H3. The summed E-state index contributed by atoms with van der Waals surface area (Å²) in [4.78, 5) is 0. The topological polar surface area (TPSA) is 21.3 Å². The molecule has 0 saturated heterocycles. The van der Waals surface area contributed by atoms with Gasteiger partial charge in [-0.2, -0.15) is 0 Å². The van der Waals surface area contributed by atoms with Gasteiger partial charge < -0.3 is 10.1 Å². The Hall–Kier alpha value is -1.39. The quantitative estimate of drug-likeness (QED) is 0.870. The fraction of sp³-hybridized carbons (Fsp3) is 0.250. The minimum Gasteiger partial charge on any atom is -0.497 e. The molecule has 0 aromatic heterocycles. The van der Waals surface area contributed by atoms with Crippen molar-refractivity contribution in [3.05, 3.63) is 63.9 Å². The van der Waals surface area contributed by atoms with Crippen LogP contribution in [-0.2, 0) is 6.54 Å². The summed E-state index contributed by atoms with van der Waals surface area (Å²) < 4.78 is 19.0. The van der Waals surface area contributed by atoms with Gasteiger partial charge in [0, 0.05) is 17.1 Å². The first kappa shape index (κ1) is 15.0. The van der Waals surface area contributed by atoms with E-state index in [1.54, 1.807) is 13.2 Å². The second-order valence-corrected chi connectivity index (χ2v) is 5.47. The van der Waals surface area contributed by atoms with Crippen molar-refractivity contribution >= 4 is 15.9 Å². The van der Waals surface area contributed by atoms with Crippen molar-refractivity contribution in [3.8, 4) is 5.75 Å². The largest absolute Gasteiger partial charge is 0.497 e. The lowest BCUT2D eigenvalue weighted by atomic mass is 10.1. The number of ether oxygens (including phenoxy) is 1. The van der Waals surface area contributed by atoms with E-state index in [1.807, 2.05) is 18.2 Å². The first-order valence-corrected chi connectivity index (χ1v) is 7.20. The minimum atomic E-state index is -0.235. The first-order chi connectivity index (χ1) is 9.60. The minimum absolute atomic E-state index is 0.182. The zero-order valence-corrected chi connectivity index (χ0v) is 13.1. The molecular formula is C16H17BrFNO. The SMILES string of the molecule is COc1cccc(C(C)NCc2ccc(F)cc2Br)c1. The second kappa shape index (κ2) is 6.86. The Morgan fingerprint density at radius 2 is 2.05 bits per heavy atom. The highest BCUT2D eigenvalue weighted by Gasteiger charge is 2.07. The fourth-order valence-corrected chi connectivity index (χ4v) is 2.45. The van der Waals surface area contributed by atoms with Gasteiger partial charge in [0.15, 0.2) is 0 Å². The van der Waals surface area contributed by atoms with Crippen molar-refractivity contribution in [2.75, 3.05) is 7.11 Å². The molecule has 1 unspecified atom stereocenters. The highest BCUT2D eigenvalue weighted by molar-refractivity contribution is 9.10. The zero-order valence-electron chi connectivity index (χ0n) is 11.5. The van der Waals surface area contributed by atoms with Crippen LogP contribution in [0.4, 0.5) is 4.39 Å². The van der Waals surface area contributed by atoms with E-state index in [-0.39, 0.29) is 11.9 Å². The van der Waals surface area contributed by atoms with Crippen molar-refractivity contribution in [2.45, 2.75) is 19.5 Å². The van der Waals surface area contributed by atoms with Crippen LogP contribution in [0.5, 0.6) is 5.75 Å². The molecule has 0 heterocycles. The molecule has 2 aromatic rings. The average Bonchev–Trinajstić information content (AvgIpc) is 2.46. The van der Waals surface area contributed by atoms with Crippen LogP contribution in [0.2, 0.25) is 0 Å². The molecule has 2 rings (SSSR count). The molecular weight excluding hydrogens is 321 g/mol. The smallest absolute Gasteiger partial charge is 0.124 e. The van der Waals surface area contributed by atoms with Crippen molar-refractivity contribution < 1.29 is 9.13 Å². The van der Waals surface area contributed by atoms with E-state index in [1.165, 1.54) is 12.1 Å². The summed E-state index contributed by atoms with van der Waals surface area (Å²) in [6, 6.07) is 12.9. The van der Waals surface area contributed by atoms with Gasteiger partial charge in [-0.25, -0.2) is 4.39 Å². The molecule has 20 heavy (non-hydrogen) atoms. The fourth-order valence-electron chi connectivity index (χ4n) is 1.96. The van der Waals surface area contributed by atoms with Gasteiger partial charge in [0.2, 0.25) is 0 Å². The molecule has 4 heteroatoms. The molecule has 106 valence electrons. The van der Waals surface area contributed by atoms with Gasteiger partial charge in [-0.3, -0.25) is 0 Å². The third-order valence-corrected chi connectivity index (χ3v) is 3.95. The van der Waals surface area contributed by atoms with Gasteiger partial charge in [0.1, 0.15) is 11.6 Å². The summed E-state index contributed by atoms with van der Waals surface area (Å²) in [5.74, 6) is 0.612. The zero-order chi connectivity index (χ0) is 14.5. The van der Waals surface area contributed by atoms with Crippen LogP contribution in [0.15, 0.2) is 46.9 Å². The van der Waals surface area contributed by atoms with Gasteiger partial charge >= 0.3 is 0 Å². The molecule has 0 radical (unpaired) electrons. The number of benzene rings is 2. The summed E-state index contributed by atoms with van der Waals surface area (Å²) in [5.41, 5.74) is 2.18. The number of nitrogens with one attached hydrogen (secondary N) is 1. The lowest BCUT2D eigenvalue weighted by molar-refractivity contribution is 0.413. The lowest BCUT2D eigenvalue weighted by Crippen LogP contribution is -2.18. The van der Waals surface area contributed by atoms with Crippen LogP contribution >= 0.6 is 15.9 Å². The summed E-state index contributed by atoms with van der Waals surface area (Å²) in [6.45, 7) is 2.76. The summed E-state index contributed by atoms with van der Waals surface area (Å²) in [5, 5.41) is 3.42. The van der Waals surface area contributed by atoms with Crippen LogP contribution in [0, 0.1) is 5.82 Å². The van der Waals surface area contributed by atoms with E-state index in [0.717, 1.165) is 21.3 Å². The lowest BCUT2D eigenvalue weighted by Gasteiger charge is -2.16. The third-order valence-electron chi connectivity index (χ3n) is 3.21. The molecule has 2 nitrogen and oxygen atoms in total. The number of hydrogen-bond acceptors (Lipinski definition) is 2. The van der Waals surface area contributed by atoms with Crippen molar-refractivity contribution in [2.24, 2.45) is 0 Å². The van der Waals surface area contributed by atoms with Gasteiger partial charge in [-0.15, -0.1) is 0 Å². The Morgan fingerprint density at radius 3 is 2.75 bits per heavy atom. The Balaban J connectivity index is 2.02. The van der Waals surface area contributed by atoms with Crippen molar-refractivity contribution in [1.29, 1.82) is 0 Å². The normalized spacial score (nSPS) is 12.2. The van der Waals surface area contributed by atoms with Gasteiger partial charge in [-0.05, 0) is 42.3 Å². The maximum Gasteiger partial charge on any atom is 0.124 e. The third kappa shape index (κ3) is 3.81.